The Morgan fingerprint density at radius 3 is 1.78 bits per heavy atom. The van der Waals surface area contributed by atoms with Crippen LogP contribution < -0.4 is 0 Å². The number of hydrogen-bond donors (Lipinski definition) is 1. The zero-order valence-electron chi connectivity index (χ0n) is 12.0. The predicted molar refractivity (Wildman–Crippen MR) is 70.9 cm³/mol. The fraction of sp³-hybridized carbons (Fsp3) is 0.923. The standard InChI is InChI=1S/C13H27NO4/c1-11(2)17-9-7-14(6-5-13(15)16)8-10-18-12(3)4/h11-12H,5-10H2,1-4H3,(H,15,16). The number of carboxylic acid groups (broad SMARTS) is 1. The summed E-state index contributed by atoms with van der Waals surface area (Å²) in [5.41, 5.74) is 0. The van der Waals surface area contributed by atoms with Crippen molar-refractivity contribution in [2.45, 2.75) is 46.3 Å². The highest BCUT2D eigenvalue weighted by Crippen LogP contribution is 1.96. The van der Waals surface area contributed by atoms with Gasteiger partial charge in [-0.05, 0) is 27.7 Å². The van der Waals surface area contributed by atoms with Crippen LogP contribution in [0, 0.1) is 0 Å². The van der Waals surface area contributed by atoms with Crippen molar-refractivity contribution in [1.82, 2.24) is 4.90 Å². The van der Waals surface area contributed by atoms with E-state index in [0.717, 1.165) is 13.1 Å². The molecule has 0 unspecified atom stereocenters. The molecule has 0 heterocycles. The van der Waals surface area contributed by atoms with E-state index >= 15 is 0 Å². The van der Waals surface area contributed by atoms with E-state index in [1.165, 1.54) is 0 Å². The van der Waals surface area contributed by atoms with Gasteiger partial charge in [0.05, 0.1) is 31.8 Å². The van der Waals surface area contributed by atoms with Crippen LogP contribution in [0.3, 0.4) is 0 Å². The maximum Gasteiger partial charge on any atom is 0.304 e. The van der Waals surface area contributed by atoms with Crippen molar-refractivity contribution in [2.24, 2.45) is 0 Å². The van der Waals surface area contributed by atoms with Gasteiger partial charge in [-0.15, -0.1) is 0 Å². The number of rotatable bonds is 11. The summed E-state index contributed by atoms with van der Waals surface area (Å²) in [6.07, 6.45) is 0.570. The summed E-state index contributed by atoms with van der Waals surface area (Å²) in [4.78, 5) is 12.6. The molecule has 5 nitrogen and oxygen atoms in total. The van der Waals surface area contributed by atoms with E-state index in [4.69, 9.17) is 14.6 Å². The monoisotopic (exact) mass is 261 g/mol. The van der Waals surface area contributed by atoms with Crippen LogP contribution in [0.25, 0.3) is 0 Å². The molecule has 0 aliphatic carbocycles. The first-order valence-corrected chi connectivity index (χ1v) is 6.59. The van der Waals surface area contributed by atoms with Crippen molar-refractivity contribution in [3.63, 3.8) is 0 Å². The Labute approximate surface area is 110 Å². The SMILES string of the molecule is CC(C)OCCN(CCOC(C)C)CCC(=O)O. The summed E-state index contributed by atoms with van der Waals surface area (Å²) in [5, 5.41) is 8.70. The zero-order chi connectivity index (χ0) is 14.0. The van der Waals surface area contributed by atoms with Gasteiger partial charge in [-0.1, -0.05) is 0 Å². The molecule has 0 saturated carbocycles. The number of carbonyl (C=O) groups is 1. The zero-order valence-corrected chi connectivity index (χ0v) is 12.0. The predicted octanol–water partition coefficient (Wildman–Crippen LogP) is 1.61. The molecule has 5 heteroatoms. The molecular weight excluding hydrogens is 234 g/mol. The van der Waals surface area contributed by atoms with Gasteiger partial charge in [-0.2, -0.15) is 0 Å². The molecule has 0 atom stereocenters. The third kappa shape index (κ3) is 11.8. The number of hydrogen-bond acceptors (Lipinski definition) is 4. The van der Waals surface area contributed by atoms with Crippen LogP contribution in [-0.4, -0.2) is 61.0 Å². The van der Waals surface area contributed by atoms with Crippen LogP contribution in [0.4, 0.5) is 0 Å². The van der Waals surface area contributed by atoms with Crippen molar-refractivity contribution in [3.8, 4) is 0 Å². The van der Waals surface area contributed by atoms with Gasteiger partial charge in [-0.3, -0.25) is 9.69 Å². The van der Waals surface area contributed by atoms with Crippen LogP contribution in [0.1, 0.15) is 34.1 Å². The first-order chi connectivity index (χ1) is 8.41. The number of ether oxygens (including phenoxy) is 2. The molecule has 0 spiro atoms. The molecule has 0 aliphatic rings. The van der Waals surface area contributed by atoms with Crippen molar-refractivity contribution in [2.75, 3.05) is 32.8 Å². The van der Waals surface area contributed by atoms with E-state index < -0.39 is 5.97 Å². The molecule has 1 N–H and O–H groups in total. The Balaban J connectivity index is 3.87. The molecule has 0 aromatic rings. The fourth-order valence-corrected chi connectivity index (χ4v) is 1.42. The Morgan fingerprint density at radius 2 is 1.44 bits per heavy atom. The number of nitrogens with zero attached hydrogens (tertiary/aromatic N) is 1. The van der Waals surface area contributed by atoms with Gasteiger partial charge >= 0.3 is 5.97 Å². The third-order valence-corrected chi connectivity index (χ3v) is 2.36. The summed E-state index contributed by atoms with van der Waals surface area (Å²) in [7, 11) is 0. The maximum atomic E-state index is 10.6. The highest BCUT2D eigenvalue weighted by atomic mass is 16.5. The average Bonchev–Trinajstić information content (AvgIpc) is 2.24. The van der Waals surface area contributed by atoms with E-state index in [2.05, 4.69) is 4.90 Å². The van der Waals surface area contributed by atoms with E-state index in [0.29, 0.717) is 19.8 Å². The summed E-state index contributed by atoms with van der Waals surface area (Å²) in [6.45, 7) is 11.2. The maximum absolute atomic E-state index is 10.6. The Bertz CT molecular complexity index is 205. The van der Waals surface area contributed by atoms with Crippen LogP contribution in [0.15, 0.2) is 0 Å². The quantitative estimate of drug-likeness (QED) is 0.612. The topological polar surface area (TPSA) is 59.0 Å². The highest BCUT2D eigenvalue weighted by molar-refractivity contribution is 5.66. The average molecular weight is 261 g/mol. The second-order valence-corrected chi connectivity index (χ2v) is 4.82. The van der Waals surface area contributed by atoms with Crippen molar-refractivity contribution in [1.29, 1.82) is 0 Å². The minimum Gasteiger partial charge on any atom is -0.481 e. The van der Waals surface area contributed by atoms with Crippen molar-refractivity contribution < 1.29 is 19.4 Å². The minimum absolute atomic E-state index is 0.156. The Kier molecular flexibility index (Phi) is 9.92. The molecule has 0 saturated heterocycles. The molecule has 0 radical (unpaired) electrons. The molecule has 0 rings (SSSR count). The second kappa shape index (κ2) is 10.3. The molecule has 108 valence electrons. The molecule has 0 aromatic carbocycles. The van der Waals surface area contributed by atoms with Gasteiger partial charge in [0.25, 0.3) is 0 Å². The van der Waals surface area contributed by atoms with Gasteiger partial charge in [0.2, 0.25) is 0 Å². The van der Waals surface area contributed by atoms with Crippen LogP contribution in [-0.2, 0) is 14.3 Å². The van der Waals surface area contributed by atoms with E-state index in [1.807, 2.05) is 27.7 Å². The van der Waals surface area contributed by atoms with Gasteiger partial charge in [0.15, 0.2) is 0 Å². The highest BCUT2D eigenvalue weighted by Gasteiger charge is 2.08. The molecule has 0 bridgehead atoms. The molecule has 18 heavy (non-hydrogen) atoms. The van der Waals surface area contributed by atoms with E-state index in [9.17, 15) is 4.79 Å². The number of aliphatic carboxylic acids is 1. The van der Waals surface area contributed by atoms with Crippen LogP contribution in [0.2, 0.25) is 0 Å². The van der Waals surface area contributed by atoms with Crippen molar-refractivity contribution in [3.05, 3.63) is 0 Å². The van der Waals surface area contributed by atoms with E-state index in [1.54, 1.807) is 0 Å². The number of carboxylic acids is 1. The smallest absolute Gasteiger partial charge is 0.304 e. The minimum atomic E-state index is -0.769. The lowest BCUT2D eigenvalue weighted by Crippen LogP contribution is -2.34. The lowest BCUT2D eigenvalue weighted by atomic mass is 10.3. The van der Waals surface area contributed by atoms with Gasteiger partial charge in [0, 0.05) is 19.6 Å². The fourth-order valence-electron chi connectivity index (χ4n) is 1.42. The van der Waals surface area contributed by atoms with Gasteiger partial charge < -0.3 is 14.6 Å². The molecular formula is C13H27NO4. The summed E-state index contributed by atoms with van der Waals surface area (Å²) in [6, 6.07) is 0. The summed E-state index contributed by atoms with van der Waals surface area (Å²) < 4.78 is 11.0. The van der Waals surface area contributed by atoms with Crippen LogP contribution in [0.5, 0.6) is 0 Å². The summed E-state index contributed by atoms with van der Waals surface area (Å²) in [5.74, 6) is -0.769. The van der Waals surface area contributed by atoms with Crippen LogP contribution >= 0.6 is 0 Å². The van der Waals surface area contributed by atoms with E-state index in [-0.39, 0.29) is 18.6 Å². The third-order valence-electron chi connectivity index (χ3n) is 2.36. The second-order valence-electron chi connectivity index (χ2n) is 4.82. The van der Waals surface area contributed by atoms with Gasteiger partial charge in [-0.25, -0.2) is 0 Å². The Morgan fingerprint density at radius 1 is 1.00 bits per heavy atom. The first kappa shape index (κ1) is 17.4. The molecule has 0 fully saturated rings. The van der Waals surface area contributed by atoms with Gasteiger partial charge in [0.1, 0.15) is 0 Å². The lowest BCUT2D eigenvalue weighted by Gasteiger charge is -2.22. The largest absolute Gasteiger partial charge is 0.481 e. The Hall–Kier alpha value is -0.650. The molecule has 0 aliphatic heterocycles. The first-order valence-electron chi connectivity index (χ1n) is 6.59. The molecule has 0 aromatic heterocycles. The normalized spacial score (nSPS) is 11.7. The summed E-state index contributed by atoms with van der Waals surface area (Å²) >= 11 is 0. The van der Waals surface area contributed by atoms with Crippen molar-refractivity contribution >= 4 is 5.97 Å². The lowest BCUT2D eigenvalue weighted by molar-refractivity contribution is -0.137. The molecule has 0 amide bonds.